The van der Waals surface area contributed by atoms with E-state index < -0.39 is 0 Å². The summed E-state index contributed by atoms with van der Waals surface area (Å²) in [6, 6.07) is 0. The molecule has 6 heavy (non-hydrogen) atoms. The Balaban J connectivity index is 0. The van der Waals surface area contributed by atoms with Crippen molar-refractivity contribution in [2.24, 2.45) is 0 Å². The van der Waals surface area contributed by atoms with Crippen LogP contribution in [-0.4, -0.2) is 0 Å². The zero-order valence-corrected chi connectivity index (χ0v) is 6.27. The van der Waals surface area contributed by atoms with Crippen molar-refractivity contribution in [3.63, 3.8) is 0 Å². The molecule has 0 unspecified atom stereocenters. The molecule has 0 N–H and O–H groups in total. The van der Waals surface area contributed by atoms with Gasteiger partial charge < -0.3 is 16.4 Å². The molecule has 0 atom stereocenters. The largest absolute Gasteiger partial charge is 3.00 e. The minimum atomic E-state index is 0. The fourth-order valence-corrected chi connectivity index (χ4v) is 0. The van der Waals surface area contributed by atoms with Gasteiger partial charge in [-0.3, -0.25) is 0 Å². The van der Waals surface area contributed by atoms with E-state index in [1.54, 1.807) is 0 Å². The molecule has 2 radical (unpaired) electrons. The first-order valence-electron chi connectivity index (χ1n) is 0. The Morgan fingerprint density at radius 1 is 0.500 bits per heavy atom. The van der Waals surface area contributed by atoms with Crippen LogP contribution in [0.25, 0.3) is 0 Å². The van der Waals surface area contributed by atoms with Crippen LogP contribution in [0.3, 0.4) is 0 Å². The summed E-state index contributed by atoms with van der Waals surface area (Å²) < 4.78 is 0. The van der Waals surface area contributed by atoms with Crippen molar-refractivity contribution in [1.29, 1.82) is 0 Å². The number of hydrogen-bond donors (Lipinski definition) is 0. The van der Waals surface area contributed by atoms with Gasteiger partial charge in [-0.15, -0.1) is 0 Å². The Labute approximate surface area is 68.4 Å². The van der Waals surface area contributed by atoms with Gasteiger partial charge in [-0.25, -0.2) is 0 Å². The second-order valence-electron chi connectivity index (χ2n) is 0. The molecule has 0 aromatic carbocycles. The molecule has 3 nitrogen and oxygen atoms in total. The molecule has 0 aliphatic heterocycles. The van der Waals surface area contributed by atoms with Crippen LogP contribution in [0.4, 0.5) is 0 Å². The van der Waals surface area contributed by atoms with Crippen molar-refractivity contribution in [2.75, 3.05) is 0 Å². The predicted molar refractivity (Wildman–Crippen MR) is 2.06 cm³/mol. The molecule has 6 heteroatoms. The maximum atomic E-state index is 0. The van der Waals surface area contributed by atoms with E-state index in [1.165, 1.54) is 0 Å². The molecule has 0 rings (SSSR count). The Hall–Kier alpha value is 1.48. The fraction of sp³-hybridized carbons (Fsp3) is 0. The topological polar surface area (TPSA) is 85.5 Å². The third-order valence-electron chi connectivity index (χ3n) is 0. The van der Waals surface area contributed by atoms with E-state index in [1.807, 2.05) is 0 Å². The van der Waals surface area contributed by atoms with E-state index in [9.17, 15) is 0 Å². The second-order valence-corrected chi connectivity index (χ2v) is 0. The van der Waals surface area contributed by atoms with E-state index >= 15 is 0 Å². The Kier molecular flexibility index (Phi) is 2130. The van der Waals surface area contributed by atoms with Gasteiger partial charge >= 0.3 is 34.7 Å². The van der Waals surface area contributed by atoms with Gasteiger partial charge in [-0.1, -0.05) is 0 Å². The van der Waals surface area contributed by atoms with E-state index in [0.29, 0.717) is 0 Å². The molecule has 0 aromatic heterocycles. The van der Waals surface area contributed by atoms with Gasteiger partial charge in [0.2, 0.25) is 0 Å². The van der Waals surface area contributed by atoms with Gasteiger partial charge in [0.25, 0.3) is 0 Å². The van der Waals surface area contributed by atoms with E-state index in [0.717, 1.165) is 0 Å². The molecule has 0 aromatic rings. The summed E-state index contributed by atoms with van der Waals surface area (Å²) in [6.07, 6.45) is 0. The molecule has 0 saturated carbocycles. The van der Waals surface area contributed by atoms with Crippen LogP contribution in [0.15, 0.2) is 0 Å². The summed E-state index contributed by atoms with van der Waals surface area (Å²) in [7, 11) is 0. The minimum Gasteiger partial charge on any atom is -2.00 e. The zero-order valence-electron chi connectivity index (χ0n) is 2.45. The average molecular weight is 204 g/mol. The molecular formula is Cr3O3. The Bertz CT molecular complexity index is 6.00. The SMILES string of the molecule is [Cr+3].[Cr+3].[Cr].[O-2].[O-2].[O-2]. The molecule has 0 aliphatic carbocycles. The summed E-state index contributed by atoms with van der Waals surface area (Å²) in [5, 5.41) is 0. The van der Waals surface area contributed by atoms with E-state index in [4.69, 9.17) is 0 Å². The fourth-order valence-electron chi connectivity index (χ4n) is 0. The summed E-state index contributed by atoms with van der Waals surface area (Å²) in [5.74, 6) is 0. The molecule has 0 fully saturated rings. The first-order valence-corrected chi connectivity index (χ1v) is 0. The quantitative estimate of drug-likeness (QED) is 0.515. The van der Waals surface area contributed by atoms with Crippen LogP contribution >= 0.6 is 0 Å². The molecule has 0 saturated heterocycles. The van der Waals surface area contributed by atoms with Crippen LogP contribution in [0.1, 0.15) is 0 Å². The second kappa shape index (κ2) is 89.0. The number of hydrogen-bond acceptors (Lipinski definition) is 0. The minimum absolute atomic E-state index is 0. The van der Waals surface area contributed by atoms with E-state index in [2.05, 4.69) is 0 Å². The van der Waals surface area contributed by atoms with Gasteiger partial charge in [0.1, 0.15) is 0 Å². The van der Waals surface area contributed by atoms with Gasteiger partial charge in [-0.2, -0.15) is 0 Å². The first-order chi connectivity index (χ1) is 0. The van der Waals surface area contributed by atoms with Gasteiger partial charge in [0, 0.05) is 17.4 Å². The molecule has 0 bridgehead atoms. The van der Waals surface area contributed by atoms with Crippen LogP contribution in [0.2, 0.25) is 0 Å². The Morgan fingerprint density at radius 2 is 0.500 bits per heavy atom. The van der Waals surface area contributed by atoms with Crippen LogP contribution in [-0.2, 0) is 68.5 Å². The summed E-state index contributed by atoms with van der Waals surface area (Å²) >= 11 is 0. The summed E-state index contributed by atoms with van der Waals surface area (Å²) in [5.41, 5.74) is 0. The maximum absolute atomic E-state index is 0. The molecule has 0 spiro atoms. The summed E-state index contributed by atoms with van der Waals surface area (Å²) in [4.78, 5) is 0. The molecule has 0 amide bonds. The zero-order chi connectivity index (χ0) is 0. The molecular weight excluding hydrogens is 204 g/mol. The maximum Gasteiger partial charge on any atom is 3.00 e. The van der Waals surface area contributed by atoms with Gasteiger partial charge in [-0.05, 0) is 0 Å². The van der Waals surface area contributed by atoms with Crippen LogP contribution in [0, 0.1) is 0 Å². The third-order valence-corrected chi connectivity index (χ3v) is 0. The van der Waals surface area contributed by atoms with Crippen molar-refractivity contribution in [2.45, 2.75) is 0 Å². The molecule has 36 valence electrons. The monoisotopic (exact) mass is 204 g/mol. The first kappa shape index (κ1) is 144. The van der Waals surface area contributed by atoms with Crippen molar-refractivity contribution in [3.05, 3.63) is 0 Å². The number of rotatable bonds is 0. The van der Waals surface area contributed by atoms with Gasteiger partial charge in [0.15, 0.2) is 0 Å². The summed E-state index contributed by atoms with van der Waals surface area (Å²) in [6.45, 7) is 0. The van der Waals surface area contributed by atoms with Crippen LogP contribution in [0.5, 0.6) is 0 Å². The van der Waals surface area contributed by atoms with Crippen LogP contribution < -0.4 is 0 Å². The molecule has 0 aliphatic rings. The van der Waals surface area contributed by atoms with Crippen molar-refractivity contribution < 1.29 is 68.5 Å². The van der Waals surface area contributed by atoms with Crippen molar-refractivity contribution in [3.8, 4) is 0 Å². The van der Waals surface area contributed by atoms with Crippen molar-refractivity contribution >= 4 is 0 Å². The smallest absolute Gasteiger partial charge is 2.00 e. The van der Waals surface area contributed by atoms with E-state index in [-0.39, 0.29) is 68.5 Å². The predicted octanol–water partition coefficient (Wildman–Crippen LogP) is -0.364. The average Bonchev–Trinajstić information content (AvgIpc) is 0. The van der Waals surface area contributed by atoms with Crippen molar-refractivity contribution in [1.82, 2.24) is 0 Å². The normalized spacial score (nSPS) is 0. The standard InChI is InChI=1S/3Cr.3O/q;2*+3;3*-2. The Morgan fingerprint density at radius 3 is 0.500 bits per heavy atom. The van der Waals surface area contributed by atoms with Gasteiger partial charge in [0.05, 0.1) is 0 Å². The molecule has 0 heterocycles. The third kappa shape index (κ3) is 50.3.